The van der Waals surface area contributed by atoms with Gasteiger partial charge in [0.25, 0.3) is 0 Å². The van der Waals surface area contributed by atoms with E-state index in [1.54, 1.807) is 36.0 Å². The Bertz CT molecular complexity index is 1080. The van der Waals surface area contributed by atoms with Gasteiger partial charge in [0.15, 0.2) is 12.4 Å². The van der Waals surface area contributed by atoms with Crippen LogP contribution in [0.3, 0.4) is 0 Å². The van der Waals surface area contributed by atoms with Gasteiger partial charge in [0.1, 0.15) is 0 Å². The molecule has 7 heteroatoms. The molecule has 5 nitrogen and oxygen atoms in total. The number of carbonyl (C=O) groups is 3. The maximum absolute atomic E-state index is 12.1. The lowest BCUT2D eigenvalue weighted by molar-refractivity contribution is -0.143. The van der Waals surface area contributed by atoms with Crippen LogP contribution in [0.15, 0.2) is 82.6 Å². The van der Waals surface area contributed by atoms with E-state index in [0.717, 1.165) is 9.79 Å². The van der Waals surface area contributed by atoms with E-state index in [0.29, 0.717) is 16.3 Å². The molecule has 0 unspecified atom stereocenters. The number of ketones is 1. The van der Waals surface area contributed by atoms with Gasteiger partial charge in [0, 0.05) is 32.5 Å². The minimum atomic E-state index is -0.604. The molecule has 0 bridgehead atoms. The van der Waals surface area contributed by atoms with Gasteiger partial charge in [-0.15, -0.1) is 0 Å². The predicted octanol–water partition coefficient (Wildman–Crippen LogP) is 5.94. The Balaban J connectivity index is 1.39. The van der Waals surface area contributed by atoms with Crippen molar-refractivity contribution in [3.63, 3.8) is 0 Å². The van der Waals surface area contributed by atoms with Crippen molar-refractivity contribution in [2.75, 3.05) is 11.9 Å². The van der Waals surface area contributed by atoms with Crippen molar-refractivity contribution in [1.82, 2.24) is 0 Å². The summed E-state index contributed by atoms with van der Waals surface area (Å²) in [6.45, 7) is 1.68. The Labute approximate surface area is 196 Å². The quantitative estimate of drug-likeness (QED) is 0.311. The first kappa shape index (κ1) is 23.6. The molecule has 0 spiro atoms. The third-order valence-corrected chi connectivity index (χ3v) is 5.75. The first-order valence-corrected chi connectivity index (χ1v) is 11.2. The summed E-state index contributed by atoms with van der Waals surface area (Å²) in [6.07, 6.45) is -0.144. The number of Topliss-reactive ketones (excluding diaryl/α,β-unsaturated/α-hetero) is 1. The average molecular weight is 468 g/mol. The van der Waals surface area contributed by atoms with Crippen LogP contribution in [-0.4, -0.2) is 24.3 Å². The molecule has 1 N–H and O–H groups in total. The SMILES string of the molecule is Cc1ccc(Sc2ccc(NC(=O)CCC(=O)OCC(=O)c3ccc(Cl)cc3)cc2)cc1. The second-order valence-electron chi connectivity index (χ2n) is 7.08. The van der Waals surface area contributed by atoms with Gasteiger partial charge in [-0.25, -0.2) is 0 Å². The van der Waals surface area contributed by atoms with E-state index in [1.165, 1.54) is 5.56 Å². The van der Waals surface area contributed by atoms with Gasteiger partial charge in [0.2, 0.25) is 5.91 Å². The van der Waals surface area contributed by atoms with Gasteiger partial charge in [-0.2, -0.15) is 0 Å². The molecule has 0 atom stereocenters. The molecule has 0 radical (unpaired) electrons. The monoisotopic (exact) mass is 467 g/mol. The fourth-order valence-corrected chi connectivity index (χ4v) is 3.67. The number of halogens is 1. The van der Waals surface area contributed by atoms with E-state index in [2.05, 4.69) is 29.6 Å². The van der Waals surface area contributed by atoms with Crippen LogP contribution in [0, 0.1) is 6.92 Å². The van der Waals surface area contributed by atoms with Crippen molar-refractivity contribution in [2.24, 2.45) is 0 Å². The zero-order valence-corrected chi connectivity index (χ0v) is 19.0. The van der Waals surface area contributed by atoms with Crippen molar-refractivity contribution in [1.29, 1.82) is 0 Å². The summed E-state index contributed by atoms with van der Waals surface area (Å²) in [6, 6.07) is 22.1. The number of ether oxygens (including phenoxy) is 1. The molecule has 0 saturated heterocycles. The van der Waals surface area contributed by atoms with E-state index < -0.39 is 5.97 Å². The highest BCUT2D eigenvalue weighted by molar-refractivity contribution is 7.99. The van der Waals surface area contributed by atoms with E-state index in [1.807, 2.05) is 31.2 Å². The summed E-state index contributed by atoms with van der Waals surface area (Å²) in [7, 11) is 0. The highest BCUT2D eigenvalue weighted by atomic mass is 35.5. The van der Waals surface area contributed by atoms with Gasteiger partial charge in [-0.05, 0) is 67.6 Å². The number of benzene rings is 3. The van der Waals surface area contributed by atoms with Crippen LogP contribution in [0.25, 0.3) is 0 Å². The summed E-state index contributed by atoms with van der Waals surface area (Å²) in [5.41, 5.74) is 2.27. The molecule has 0 aromatic heterocycles. The number of nitrogens with one attached hydrogen (secondary N) is 1. The first-order valence-electron chi connectivity index (χ1n) is 9.98. The molecule has 0 aliphatic rings. The molecule has 0 fully saturated rings. The lowest BCUT2D eigenvalue weighted by atomic mass is 10.1. The maximum atomic E-state index is 12.1. The lowest BCUT2D eigenvalue weighted by Gasteiger charge is -2.07. The Morgan fingerprint density at radius 1 is 0.844 bits per heavy atom. The van der Waals surface area contributed by atoms with Crippen molar-refractivity contribution in [3.8, 4) is 0 Å². The number of aryl methyl sites for hydroxylation is 1. The summed E-state index contributed by atoms with van der Waals surface area (Å²) in [4.78, 5) is 38.2. The van der Waals surface area contributed by atoms with Crippen molar-refractivity contribution < 1.29 is 19.1 Å². The molecule has 32 heavy (non-hydrogen) atoms. The van der Waals surface area contributed by atoms with Gasteiger partial charge >= 0.3 is 5.97 Å². The zero-order valence-electron chi connectivity index (χ0n) is 17.5. The number of anilines is 1. The van der Waals surface area contributed by atoms with E-state index in [9.17, 15) is 14.4 Å². The highest BCUT2D eigenvalue weighted by Gasteiger charge is 2.12. The average Bonchev–Trinajstić information content (AvgIpc) is 2.79. The zero-order chi connectivity index (χ0) is 22.9. The summed E-state index contributed by atoms with van der Waals surface area (Å²) >= 11 is 7.42. The fraction of sp³-hybridized carbons (Fsp3) is 0.160. The van der Waals surface area contributed by atoms with Crippen LogP contribution in [0.1, 0.15) is 28.8 Å². The molecule has 0 aliphatic heterocycles. The smallest absolute Gasteiger partial charge is 0.306 e. The minimum Gasteiger partial charge on any atom is -0.457 e. The number of rotatable bonds is 9. The van der Waals surface area contributed by atoms with Crippen LogP contribution in [0.5, 0.6) is 0 Å². The summed E-state index contributed by atoms with van der Waals surface area (Å²) in [5, 5.41) is 3.27. The molecule has 0 heterocycles. The molecule has 3 aromatic rings. The summed E-state index contributed by atoms with van der Waals surface area (Å²) < 4.78 is 4.96. The predicted molar refractivity (Wildman–Crippen MR) is 126 cm³/mol. The molecule has 3 aromatic carbocycles. The van der Waals surface area contributed by atoms with Crippen LogP contribution >= 0.6 is 23.4 Å². The largest absolute Gasteiger partial charge is 0.457 e. The number of carbonyl (C=O) groups excluding carboxylic acids is 3. The number of esters is 1. The number of amides is 1. The van der Waals surface area contributed by atoms with Crippen LogP contribution in [-0.2, 0) is 14.3 Å². The molecule has 1 amide bonds. The molecule has 0 saturated carbocycles. The van der Waals surface area contributed by atoms with Crippen LogP contribution in [0.4, 0.5) is 5.69 Å². The molecule has 0 aliphatic carbocycles. The van der Waals surface area contributed by atoms with E-state index >= 15 is 0 Å². The summed E-state index contributed by atoms with van der Waals surface area (Å²) in [5.74, 6) is -1.24. The van der Waals surface area contributed by atoms with Crippen LogP contribution in [0.2, 0.25) is 5.02 Å². The second-order valence-corrected chi connectivity index (χ2v) is 8.66. The Hall–Kier alpha value is -3.09. The first-order chi connectivity index (χ1) is 15.4. The van der Waals surface area contributed by atoms with Gasteiger partial charge in [-0.1, -0.05) is 41.1 Å². The lowest BCUT2D eigenvalue weighted by Crippen LogP contribution is -2.17. The Morgan fingerprint density at radius 3 is 2.06 bits per heavy atom. The number of hydrogen-bond acceptors (Lipinski definition) is 5. The topological polar surface area (TPSA) is 72.5 Å². The van der Waals surface area contributed by atoms with Crippen molar-refractivity contribution >= 4 is 46.7 Å². The van der Waals surface area contributed by atoms with Crippen molar-refractivity contribution in [2.45, 2.75) is 29.6 Å². The number of hydrogen-bond donors (Lipinski definition) is 1. The third kappa shape index (κ3) is 7.55. The molecule has 164 valence electrons. The van der Waals surface area contributed by atoms with E-state index in [4.69, 9.17) is 16.3 Å². The minimum absolute atomic E-state index is 0.0339. The van der Waals surface area contributed by atoms with Crippen molar-refractivity contribution in [3.05, 3.63) is 88.9 Å². The Morgan fingerprint density at radius 2 is 1.44 bits per heavy atom. The highest BCUT2D eigenvalue weighted by Crippen LogP contribution is 2.28. The third-order valence-electron chi connectivity index (χ3n) is 4.48. The molecular formula is C25H22ClNO4S. The maximum Gasteiger partial charge on any atom is 0.306 e. The van der Waals surface area contributed by atoms with Gasteiger partial charge < -0.3 is 10.1 Å². The second kappa shape index (κ2) is 11.5. The normalized spacial score (nSPS) is 10.4. The van der Waals surface area contributed by atoms with Gasteiger partial charge in [0.05, 0.1) is 6.42 Å². The van der Waals surface area contributed by atoms with E-state index in [-0.39, 0.29) is 31.1 Å². The van der Waals surface area contributed by atoms with Gasteiger partial charge in [-0.3, -0.25) is 14.4 Å². The standard InChI is InChI=1S/C25H22ClNO4S/c1-17-2-10-21(11-3-17)32-22-12-8-20(9-13-22)27-24(29)14-15-25(30)31-16-23(28)18-4-6-19(26)7-5-18/h2-13H,14-16H2,1H3,(H,27,29). The fourth-order valence-electron chi connectivity index (χ4n) is 2.73. The molecular weight excluding hydrogens is 446 g/mol. The Kier molecular flexibility index (Phi) is 8.48. The molecule has 3 rings (SSSR count). The van der Waals surface area contributed by atoms with Crippen LogP contribution < -0.4 is 5.32 Å².